The van der Waals surface area contributed by atoms with Crippen LogP contribution in [0.1, 0.15) is 52.6 Å². The Morgan fingerprint density at radius 3 is 2.48 bits per heavy atom. The van der Waals surface area contributed by atoms with E-state index < -0.39 is 23.4 Å². The Labute approximate surface area is 295 Å². The van der Waals surface area contributed by atoms with Crippen LogP contribution < -0.4 is 4.74 Å². The average molecular weight is 711 g/mol. The van der Waals surface area contributed by atoms with E-state index in [9.17, 15) is 9.90 Å². The van der Waals surface area contributed by atoms with Gasteiger partial charge in [-0.2, -0.15) is 0 Å². The van der Waals surface area contributed by atoms with Gasteiger partial charge in [-0.1, -0.05) is 23.4 Å². The standard InChI is InChI=1S/C38H33F3N6O5/c39-29-14-22(34-20-47(45-44-34)26-8-11-50-12-9-26)4-5-24(29)21-52-37-3-1-2-32(43-37)28-18-30(40)25(15-31(28)41)17-36-42-33-7-6-23(38(48)49)16-35(33)46(36)19-27-10-13-51-27/h1-7,14-16,18,20,26-27H,8-13,17,19,21H2,(H,48,49)/t27-/m0/s1. The number of hydrogen-bond acceptors (Lipinski definition) is 8. The number of carbonyl (C=O) groups is 1. The first-order valence-corrected chi connectivity index (χ1v) is 17.0. The van der Waals surface area contributed by atoms with Crippen LogP contribution in [0.2, 0.25) is 0 Å². The summed E-state index contributed by atoms with van der Waals surface area (Å²) in [4.78, 5) is 20.6. The van der Waals surface area contributed by atoms with Gasteiger partial charge in [0.2, 0.25) is 5.88 Å². The monoisotopic (exact) mass is 710 g/mol. The van der Waals surface area contributed by atoms with Gasteiger partial charge in [0, 0.05) is 49.0 Å². The molecule has 1 atom stereocenters. The lowest BCUT2D eigenvalue weighted by molar-refractivity contribution is -0.0589. The molecule has 2 saturated heterocycles. The lowest BCUT2D eigenvalue weighted by atomic mass is 10.0. The SMILES string of the molecule is O=C(O)c1ccc2nc(Cc3cc(F)c(-c4cccc(OCc5ccc(-c6cn(C7CCOCC7)nn6)cc5F)n4)cc3F)n(C[C@@H]3CCO3)c2c1. The Hall–Kier alpha value is -5.60. The summed E-state index contributed by atoms with van der Waals surface area (Å²) in [6.07, 6.45) is 4.20. The molecule has 8 rings (SSSR count). The number of halogens is 3. The largest absolute Gasteiger partial charge is 0.478 e. The maximum atomic E-state index is 15.6. The van der Waals surface area contributed by atoms with Crippen LogP contribution in [-0.2, 0) is 29.0 Å². The van der Waals surface area contributed by atoms with Crippen LogP contribution in [0.4, 0.5) is 13.2 Å². The molecule has 0 amide bonds. The highest BCUT2D eigenvalue weighted by Gasteiger charge is 2.24. The molecule has 3 aromatic heterocycles. The molecule has 0 spiro atoms. The normalized spacial score (nSPS) is 16.2. The van der Waals surface area contributed by atoms with Gasteiger partial charge in [-0.25, -0.2) is 32.6 Å². The summed E-state index contributed by atoms with van der Waals surface area (Å²) >= 11 is 0. The van der Waals surface area contributed by atoms with Crippen molar-refractivity contribution in [2.75, 3.05) is 19.8 Å². The van der Waals surface area contributed by atoms with Crippen LogP contribution in [0.15, 0.2) is 72.9 Å². The molecule has 5 heterocycles. The molecule has 266 valence electrons. The summed E-state index contributed by atoms with van der Waals surface area (Å²) in [6, 6.07) is 16.4. The van der Waals surface area contributed by atoms with Gasteiger partial charge in [0.05, 0.1) is 47.2 Å². The van der Waals surface area contributed by atoms with E-state index in [0.29, 0.717) is 54.5 Å². The van der Waals surface area contributed by atoms with E-state index in [1.165, 1.54) is 24.3 Å². The van der Waals surface area contributed by atoms with Crippen molar-refractivity contribution in [2.24, 2.45) is 0 Å². The lowest BCUT2D eigenvalue weighted by Gasteiger charge is -2.27. The maximum absolute atomic E-state index is 15.6. The Bertz CT molecular complexity index is 2280. The Balaban J connectivity index is 0.976. The highest BCUT2D eigenvalue weighted by molar-refractivity contribution is 5.92. The Morgan fingerprint density at radius 1 is 0.885 bits per heavy atom. The van der Waals surface area contributed by atoms with Crippen LogP contribution >= 0.6 is 0 Å². The first-order valence-electron chi connectivity index (χ1n) is 17.0. The number of pyridine rings is 1. The topological polar surface area (TPSA) is 126 Å². The number of aromatic carboxylic acids is 1. The molecular formula is C38H33F3N6O5. The molecule has 2 aliphatic heterocycles. The number of fused-ring (bicyclic) bond motifs is 1. The zero-order valence-electron chi connectivity index (χ0n) is 27.8. The van der Waals surface area contributed by atoms with E-state index >= 15 is 13.2 Å². The van der Waals surface area contributed by atoms with E-state index in [1.54, 1.807) is 35.0 Å². The molecule has 6 aromatic rings. The molecule has 0 unspecified atom stereocenters. The van der Waals surface area contributed by atoms with E-state index in [0.717, 1.165) is 31.4 Å². The van der Waals surface area contributed by atoms with Crippen LogP contribution in [0.5, 0.6) is 5.88 Å². The summed E-state index contributed by atoms with van der Waals surface area (Å²) in [5.74, 6) is -2.37. The van der Waals surface area contributed by atoms with Crippen LogP contribution in [0, 0.1) is 17.5 Å². The third kappa shape index (κ3) is 6.86. The fourth-order valence-electron chi connectivity index (χ4n) is 6.52. The molecule has 11 nitrogen and oxygen atoms in total. The van der Waals surface area contributed by atoms with Crippen LogP contribution in [0.3, 0.4) is 0 Å². The third-order valence-corrected chi connectivity index (χ3v) is 9.54. The first-order chi connectivity index (χ1) is 25.3. The predicted molar refractivity (Wildman–Crippen MR) is 182 cm³/mol. The van der Waals surface area contributed by atoms with Crippen molar-refractivity contribution in [3.63, 3.8) is 0 Å². The van der Waals surface area contributed by atoms with E-state index in [4.69, 9.17) is 14.2 Å². The molecule has 0 aliphatic carbocycles. The minimum Gasteiger partial charge on any atom is -0.478 e. The van der Waals surface area contributed by atoms with Crippen molar-refractivity contribution in [1.29, 1.82) is 0 Å². The molecule has 2 aliphatic rings. The van der Waals surface area contributed by atoms with Crippen molar-refractivity contribution in [3.8, 4) is 28.4 Å². The first kappa shape index (κ1) is 33.5. The smallest absolute Gasteiger partial charge is 0.335 e. The summed E-state index contributed by atoms with van der Waals surface area (Å²) < 4.78 is 66.8. The predicted octanol–water partition coefficient (Wildman–Crippen LogP) is 6.78. The fourth-order valence-corrected chi connectivity index (χ4v) is 6.52. The van der Waals surface area contributed by atoms with Gasteiger partial charge in [-0.3, -0.25) is 0 Å². The van der Waals surface area contributed by atoms with Crippen molar-refractivity contribution in [1.82, 2.24) is 29.5 Å². The molecule has 0 saturated carbocycles. The second kappa shape index (κ2) is 14.2. The Kier molecular flexibility index (Phi) is 9.16. The fraction of sp³-hybridized carbons (Fsp3) is 0.289. The Morgan fingerprint density at radius 2 is 1.71 bits per heavy atom. The van der Waals surface area contributed by atoms with Gasteiger partial charge in [-0.05, 0) is 67.3 Å². The van der Waals surface area contributed by atoms with Gasteiger partial charge in [0.1, 0.15) is 35.6 Å². The van der Waals surface area contributed by atoms with Crippen molar-refractivity contribution >= 4 is 17.0 Å². The highest BCUT2D eigenvalue weighted by atomic mass is 19.1. The number of carboxylic acid groups (broad SMARTS) is 1. The second-order valence-corrected chi connectivity index (χ2v) is 12.9. The molecule has 0 bridgehead atoms. The second-order valence-electron chi connectivity index (χ2n) is 12.9. The average Bonchev–Trinajstić information content (AvgIpc) is 3.76. The molecule has 1 N–H and O–H groups in total. The van der Waals surface area contributed by atoms with E-state index in [-0.39, 0.29) is 59.0 Å². The molecule has 0 radical (unpaired) electrons. The molecule has 2 fully saturated rings. The van der Waals surface area contributed by atoms with Crippen LogP contribution in [0.25, 0.3) is 33.5 Å². The lowest BCUT2D eigenvalue weighted by Crippen LogP contribution is -2.31. The minimum absolute atomic E-state index is 0.0396. The summed E-state index contributed by atoms with van der Waals surface area (Å²) in [7, 11) is 0. The number of hydrogen-bond donors (Lipinski definition) is 1. The van der Waals surface area contributed by atoms with Crippen molar-refractivity contribution < 1.29 is 37.3 Å². The quantitative estimate of drug-likeness (QED) is 0.155. The van der Waals surface area contributed by atoms with Crippen LogP contribution in [-0.4, -0.2) is 66.5 Å². The van der Waals surface area contributed by atoms with E-state index in [2.05, 4.69) is 20.3 Å². The number of imidazole rings is 1. The van der Waals surface area contributed by atoms with E-state index in [1.807, 2.05) is 10.8 Å². The molecule has 14 heteroatoms. The number of aromatic nitrogens is 6. The number of rotatable bonds is 11. The van der Waals surface area contributed by atoms with Gasteiger partial charge >= 0.3 is 5.97 Å². The number of carboxylic acids is 1. The number of ether oxygens (including phenoxy) is 3. The van der Waals surface area contributed by atoms with Gasteiger partial charge in [-0.15, -0.1) is 5.10 Å². The maximum Gasteiger partial charge on any atom is 0.335 e. The zero-order chi connectivity index (χ0) is 35.8. The summed E-state index contributed by atoms with van der Waals surface area (Å²) in [6.45, 7) is 2.22. The zero-order valence-corrected chi connectivity index (χ0v) is 27.8. The van der Waals surface area contributed by atoms with Crippen molar-refractivity contribution in [2.45, 2.75) is 51.0 Å². The molecule has 3 aromatic carbocycles. The molecule has 52 heavy (non-hydrogen) atoms. The minimum atomic E-state index is -1.08. The summed E-state index contributed by atoms with van der Waals surface area (Å²) in [5, 5.41) is 18.0. The van der Waals surface area contributed by atoms with Crippen molar-refractivity contribution in [3.05, 3.63) is 113 Å². The number of benzene rings is 3. The van der Waals surface area contributed by atoms with Gasteiger partial charge in [0.15, 0.2) is 0 Å². The molecular weight excluding hydrogens is 677 g/mol. The number of nitrogens with zero attached hydrogens (tertiary/aromatic N) is 6. The van der Waals surface area contributed by atoms with Gasteiger partial charge in [0.25, 0.3) is 0 Å². The highest BCUT2D eigenvalue weighted by Crippen LogP contribution is 2.30. The van der Waals surface area contributed by atoms with Gasteiger partial charge < -0.3 is 23.9 Å². The third-order valence-electron chi connectivity index (χ3n) is 9.54. The summed E-state index contributed by atoms with van der Waals surface area (Å²) in [5.41, 5.74) is 2.78.